The first kappa shape index (κ1) is 26.5. The molecule has 0 atom stereocenters. The van der Waals surface area contributed by atoms with Crippen molar-refractivity contribution in [3.63, 3.8) is 0 Å². The molecule has 37 heavy (non-hydrogen) atoms. The van der Waals surface area contributed by atoms with E-state index in [4.69, 9.17) is 0 Å². The number of carbonyl (C=O) groups is 2. The maximum atomic E-state index is 14.5. The van der Waals surface area contributed by atoms with Crippen LogP contribution in [0.25, 0.3) is 0 Å². The van der Waals surface area contributed by atoms with Gasteiger partial charge in [0, 0.05) is 56.7 Å². The number of nitrogens with zero attached hydrogens (tertiary/aromatic N) is 6. The van der Waals surface area contributed by atoms with Crippen LogP contribution in [0.4, 0.5) is 10.1 Å². The predicted molar refractivity (Wildman–Crippen MR) is 140 cm³/mol. The normalized spacial score (nSPS) is 15.7. The van der Waals surface area contributed by atoms with Crippen molar-refractivity contribution in [2.45, 2.75) is 39.8 Å². The van der Waals surface area contributed by atoms with E-state index in [1.165, 1.54) is 12.1 Å². The van der Waals surface area contributed by atoms with Gasteiger partial charge in [-0.1, -0.05) is 13.8 Å². The Morgan fingerprint density at radius 3 is 2.54 bits per heavy atom. The lowest BCUT2D eigenvalue weighted by atomic mass is 10.1. The van der Waals surface area contributed by atoms with Crippen LogP contribution in [-0.4, -0.2) is 68.9 Å². The molecule has 3 heterocycles. The molecule has 196 valence electrons. The van der Waals surface area contributed by atoms with Gasteiger partial charge in [-0.2, -0.15) is 0 Å². The Kier molecular flexibility index (Phi) is 9.00. The van der Waals surface area contributed by atoms with E-state index in [1.807, 2.05) is 0 Å². The molecule has 3 aromatic rings. The summed E-state index contributed by atoms with van der Waals surface area (Å²) < 4.78 is 16.2. The van der Waals surface area contributed by atoms with Crippen molar-refractivity contribution in [1.82, 2.24) is 24.3 Å². The molecule has 0 aliphatic carbocycles. The van der Waals surface area contributed by atoms with Crippen molar-refractivity contribution in [2.75, 3.05) is 37.6 Å². The number of fused-ring (bicyclic) bond motifs is 1. The molecule has 0 fully saturated rings. The van der Waals surface area contributed by atoms with Crippen LogP contribution >= 0.6 is 0 Å². The van der Waals surface area contributed by atoms with Crippen molar-refractivity contribution < 1.29 is 14.0 Å². The molecule has 0 saturated carbocycles. The van der Waals surface area contributed by atoms with E-state index >= 15 is 0 Å². The number of aromatic nitrogens is 3. The maximum Gasteiger partial charge on any atom is 0.259 e. The Morgan fingerprint density at radius 2 is 1.84 bits per heavy atom. The molecule has 0 bridgehead atoms. The minimum atomic E-state index is -0.398. The Labute approximate surface area is 217 Å². The Morgan fingerprint density at radius 1 is 1.03 bits per heavy atom. The van der Waals surface area contributed by atoms with E-state index in [-0.39, 0.29) is 24.9 Å². The lowest BCUT2D eigenvalue weighted by Crippen LogP contribution is -2.40. The molecule has 0 spiro atoms. The summed E-state index contributed by atoms with van der Waals surface area (Å²) in [6.45, 7) is 8.38. The SMILES string of the molecule is CC(C)CN1CCCN(C(=O)Cn2ccnc2)Cc2cc(F)ccc2N(C(=O)c2cccnc2)CCC1. The summed E-state index contributed by atoms with van der Waals surface area (Å²) >= 11 is 0. The number of carbonyl (C=O) groups excluding carboxylic acids is 2. The summed E-state index contributed by atoms with van der Waals surface area (Å²) in [6, 6.07) is 7.93. The highest BCUT2D eigenvalue weighted by atomic mass is 19.1. The number of rotatable bonds is 5. The number of halogens is 1. The van der Waals surface area contributed by atoms with Gasteiger partial charge >= 0.3 is 0 Å². The number of benzene rings is 1. The molecular weight excluding hydrogens is 471 g/mol. The lowest BCUT2D eigenvalue weighted by molar-refractivity contribution is -0.132. The van der Waals surface area contributed by atoms with Gasteiger partial charge in [-0.3, -0.25) is 14.6 Å². The molecule has 1 aliphatic heterocycles. The van der Waals surface area contributed by atoms with Gasteiger partial charge in [0.1, 0.15) is 12.4 Å². The third kappa shape index (κ3) is 7.22. The fourth-order valence-corrected chi connectivity index (χ4v) is 4.80. The molecule has 2 amide bonds. The van der Waals surface area contributed by atoms with Crippen LogP contribution in [0.1, 0.15) is 42.6 Å². The fourth-order valence-electron chi connectivity index (χ4n) is 4.80. The van der Waals surface area contributed by atoms with Gasteiger partial charge in [0.15, 0.2) is 0 Å². The molecular formula is C28H35FN6O2. The average Bonchev–Trinajstić information content (AvgIpc) is 3.38. The van der Waals surface area contributed by atoms with Crippen LogP contribution in [0.3, 0.4) is 0 Å². The third-order valence-electron chi connectivity index (χ3n) is 6.46. The van der Waals surface area contributed by atoms with Gasteiger partial charge in [-0.15, -0.1) is 0 Å². The average molecular weight is 507 g/mol. The van der Waals surface area contributed by atoms with Crippen LogP contribution in [0.2, 0.25) is 0 Å². The highest BCUT2D eigenvalue weighted by Gasteiger charge is 2.24. The second kappa shape index (κ2) is 12.6. The number of amides is 2. The Balaban J connectivity index is 1.69. The summed E-state index contributed by atoms with van der Waals surface area (Å²) in [5, 5.41) is 0. The van der Waals surface area contributed by atoms with Gasteiger partial charge in [-0.25, -0.2) is 9.37 Å². The highest BCUT2D eigenvalue weighted by molar-refractivity contribution is 6.06. The molecule has 9 heteroatoms. The number of hydrogen-bond donors (Lipinski definition) is 0. The highest BCUT2D eigenvalue weighted by Crippen LogP contribution is 2.26. The number of hydrogen-bond acceptors (Lipinski definition) is 5. The maximum absolute atomic E-state index is 14.5. The summed E-state index contributed by atoms with van der Waals surface area (Å²) in [5.41, 5.74) is 1.69. The zero-order valence-electron chi connectivity index (χ0n) is 21.6. The number of pyridine rings is 1. The van der Waals surface area contributed by atoms with E-state index in [9.17, 15) is 14.0 Å². The van der Waals surface area contributed by atoms with Gasteiger partial charge in [-0.05, 0) is 67.7 Å². The van der Waals surface area contributed by atoms with E-state index in [0.717, 1.165) is 32.5 Å². The quantitative estimate of drug-likeness (QED) is 0.526. The van der Waals surface area contributed by atoms with E-state index in [2.05, 4.69) is 28.7 Å². The van der Waals surface area contributed by atoms with E-state index in [0.29, 0.717) is 35.8 Å². The van der Waals surface area contributed by atoms with Crippen molar-refractivity contribution in [3.8, 4) is 0 Å². The first-order valence-corrected chi connectivity index (χ1v) is 12.9. The van der Waals surface area contributed by atoms with Gasteiger partial charge in [0.2, 0.25) is 5.91 Å². The minimum absolute atomic E-state index is 0.0779. The second-order valence-corrected chi connectivity index (χ2v) is 9.92. The molecule has 0 radical (unpaired) electrons. The van der Waals surface area contributed by atoms with Crippen molar-refractivity contribution in [3.05, 3.63) is 78.4 Å². The summed E-state index contributed by atoms with van der Waals surface area (Å²) in [5.74, 6) is -0.163. The van der Waals surface area contributed by atoms with E-state index in [1.54, 1.807) is 63.7 Å². The Hall–Kier alpha value is -3.59. The minimum Gasteiger partial charge on any atom is -0.337 e. The Bertz CT molecular complexity index is 1170. The topological polar surface area (TPSA) is 74.6 Å². The molecule has 0 unspecified atom stereocenters. The molecule has 4 rings (SSSR count). The zero-order chi connectivity index (χ0) is 26.2. The predicted octanol–water partition coefficient (Wildman–Crippen LogP) is 3.84. The van der Waals surface area contributed by atoms with Crippen LogP contribution in [-0.2, 0) is 17.9 Å². The third-order valence-corrected chi connectivity index (χ3v) is 6.46. The smallest absolute Gasteiger partial charge is 0.259 e. The molecule has 0 saturated heterocycles. The standard InChI is InChI=1S/C28H35FN6O2/c1-22(2)18-32-11-4-13-34(27(36)20-33-15-10-31-21-33)19-24-16-25(29)7-8-26(24)35(14-5-12-32)28(37)23-6-3-9-30-17-23/h3,6-10,15-17,21-22H,4-5,11-14,18-20H2,1-2H3. The molecule has 1 aliphatic rings. The van der Waals surface area contributed by atoms with Crippen LogP contribution in [0, 0.1) is 11.7 Å². The molecule has 8 nitrogen and oxygen atoms in total. The van der Waals surface area contributed by atoms with Crippen molar-refractivity contribution in [1.29, 1.82) is 0 Å². The summed E-state index contributed by atoms with van der Waals surface area (Å²) in [7, 11) is 0. The molecule has 0 N–H and O–H groups in total. The first-order valence-electron chi connectivity index (χ1n) is 12.9. The van der Waals surface area contributed by atoms with Crippen LogP contribution < -0.4 is 4.90 Å². The summed E-state index contributed by atoms with van der Waals surface area (Å²) in [6.07, 6.45) is 9.77. The van der Waals surface area contributed by atoms with Crippen LogP contribution in [0.5, 0.6) is 0 Å². The fraction of sp³-hybridized carbons (Fsp3) is 0.429. The molecule has 2 aromatic heterocycles. The second-order valence-electron chi connectivity index (χ2n) is 9.92. The van der Waals surface area contributed by atoms with Crippen LogP contribution in [0.15, 0.2) is 61.4 Å². The van der Waals surface area contributed by atoms with Gasteiger partial charge in [0.05, 0.1) is 11.9 Å². The zero-order valence-corrected chi connectivity index (χ0v) is 21.6. The van der Waals surface area contributed by atoms with Crippen molar-refractivity contribution >= 4 is 17.5 Å². The lowest BCUT2D eigenvalue weighted by Gasteiger charge is -2.32. The summed E-state index contributed by atoms with van der Waals surface area (Å²) in [4.78, 5) is 41.0. The monoisotopic (exact) mass is 506 g/mol. The number of imidazole rings is 1. The van der Waals surface area contributed by atoms with E-state index < -0.39 is 5.82 Å². The molecule has 1 aromatic carbocycles. The van der Waals surface area contributed by atoms with Gasteiger partial charge < -0.3 is 19.3 Å². The first-order chi connectivity index (χ1) is 17.9. The van der Waals surface area contributed by atoms with Gasteiger partial charge in [0.25, 0.3) is 5.91 Å². The van der Waals surface area contributed by atoms with Crippen molar-refractivity contribution in [2.24, 2.45) is 5.92 Å². The number of anilines is 1. The largest absolute Gasteiger partial charge is 0.337 e.